The van der Waals surface area contributed by atoms with Crippen LogP contribution in [0, 0.1) is 0 Å². The fourth-order valence-corrected chi connectivity index (χ4v) is 3.48. The van der Waals surface area contributed by atoms with Crippen molar-refractivity contribution in [2.45, 2.75) is 44.7 Å². The lowest BCUT2D eigenvalue weighted by molar-refractivity contribution is 0.265. The average Bonchev–Trinajstić information content (AvgIpc) is 3.23. The second-order valence-corrected chi connectivity index (χ2v) is 6.89. The van der Waals surface area contributed by atoms with E-state index in [1.54, 1.807) is 0 Å². The van der Waals surface area contributed by atoms with Crippen LogP contribution in [0.15, 0.2) is 21.1 Å². The van der Waals surface area contributed by atoms with Gasteiger partial charge in [-0.2, -0.15) is 0 Å². The summed E-state index contributed by atoms with van der Waals surface area (Å²) in [5.74, 6) is 0.865. The quantitative estimate of drug-likeness (QED) is 0.609. The van der Waals surface area contributed by atoms with E-state index in [0.717, 1.165) is 46.5 Å². The van der Waals surface area contributed by atoms with Crippen molar-refractivity contribution < 1.29 is 9.84 Å². The first-order valence-electron chi connectivity index (χ1n) is 7.15. The van der Waals surface area contributed by atoms with Crippen LogP contribution < -0.4 is 10.1 Å². The smallest absolute Gasteiger partial charge is 0.147 e. The molecular formula is C15H21Br2NO2. The van der Waals surface area contributed by atoms with Crippen molar-refractivity contribution in [1.82, 2.24) is 5.32 Å². The normalized spacial score (nSPS) is 14.6. The van der Waals surface area contributed by atoms with Gasteiger partial charge in [0.15, 0.2) is 0 Å². The monoisotopic (exact) mass is 405 g/mol. The number of rotatable bonds is 9. The van der Waals surface area contributed by atoms with Crippen LogP contribution in [0.1, 0.15) is 37.7 Å². The van der Waals surface area contributed by atoms with Crippen LogP contribution in [-0.4, -0.2) is 24.4 Å². The van der Waals surface area contributed by atoms with Crippen molar-refractivity contribution in [1.29, 1.82) is 0 Å². The van der Waals surface area contributed by atoms with Gasteiger partial charge >= 0.3 is 0 Å². The van der Waals surface area contributed by atoms with E-state index in [-0.39, 0.29) is 6.61 Å². The molecular weight excluding hydrogens is 386 g/mol. The van der Waals surface area contributed by atoms with E-state index in [1.807, 2.05) is 0 Å². The molecule has 0 spiro atoms. The Balaban J connectivity index is 1.84. The van der Waals surface area contributed by atoms with Gasteiger partial charge in [0.1, 0.15) is 5.75 Å². The zero-order valence-corrected chi connectivity index (χ0v) is 14.7. The fraction of sp³-hybridized carbons (Fsp3) is 0.600. The molecule has 0 amide bonds. The molecule has 0 radical (unpaired) electrons. The third kappa shape index (κ3) is 5.35. The van der Waals surface area contributed by atoms with Crippen molar-refractivity contribution in [3.63, 3.8) is 0 Å². The molecule has 0 aliphatic heterocycles. The highest BCUT2D eigenvalue weighted by Crippen LogP contribution is 2.35. The van der Waals surface area contributed by atoms with Crippen LogP contribution in [0.3, 0.4) is 0 Å². The minimum absolute atomic E-state index is 0.260. The molecule has 0 bridgehead atoms. The molecule has 20 heavy (non-hydrogen) atoms. The summed E-state index contributed by atoms with van der Waals surface area (Å²) in [6.07, 6.45) is 5.41. The molecule has 0 saturated heterocycles. The summed E-state index contributed by atoms with van der Waals surface area (Å²) in [5, 5.41) is 12.2. The maximum Gasteiger partial charge on any atom is 0.147 e. The number of hydrogen-bond acceptors (Lipinski definition) is 3. The second kappa shape index (κ2) is 8.37. The summed E-state index contributed by atoms with van der Waals surface area (Å²) in [5.41, 5.74) is 1.25. The van der Waals surface area contributed by atoms with E-state index in [4.69, 9.17) is 9.84 Å². The van der Waals surface area contributed by atoms with E-state index >= 15 is 0 Å². The van der Waals surface area contributed by atoms with Gasteiger partial charge < -0.3 is 15.2 Å². The van der Waals surface area contributed by atoms with Crippen LogP contribution in [0.25, 0.3) is 0 Å². The number of halogens is 2. The molecule has 1 aliphatic rings. The van der Waals surface area contributed by atoms with Crippen LogP contribution in [0.4, 0.5) is 0 Å². The summed E-state index contributed by atoms with van der Waals surface area (Å²) in [4.78, 5) is 0. The Labute approximate surface area is 137 Å². The topological polar surface area (TPSA) is 41.5 Å². The van der Waals surface area contributed by atoms with Gasteiger partial charge in [-0.25, -0.2) is 0 Å². The number of aliphatic hydroxyl groups excluding tert-OH is 1. The molecule has 112 valence electrons. The predicted octanol–water partition coefficient (Wildman–Crippen LogP) is 4.01. The molecule has 2 N–H and O–H groups in total. The van der Waals surface area contributed by atoms with Crippen LogP contribution >= 0.6 is 31.9 Å². The number of benzene rings is 1. The molecule has 1 fully saturated rings. The van der Waals surface area contributed by atoms with Gasteiger partial charge in [-0.05, 0) is 81.7 Å². The van der Waals surface area contributed by atoms with Gasteiger partial charge in [0.2, 0.25) is 0 Å². The number of hydrogen-bond donors (Lipinski definition) is 2. The lowest BCUT2D eigenvalue weighted by atomic mass is 10.2. The molecule has 1 aromatic rings. The van der Waals surface area contributed by atoms with Crippen molar-refractivity contribution in [2.75, 3.05) is 13.2 Å². The molecule has 5 heteroatoms. The number of ether oxygens (including phenoxy) is 1. The number of aliphatic hydroxyl groups is 1. The average molecular weight is 407 g/mol. The van der Waals surface area contributed by atoms with Gasteiger partial charge in [0.25, 0.3) is 0 Å². The standard InChI is InChI=1S/C15H21Br2NO2/c16-13-8-11(10-18-12-4-5-12)9-14(17)15(13)20-7-3-1-2-6-19/h8-9,12,18-19H,1-7,10H2. The number of unbranched alkanes of at least 4 members (excludes halogenated alkanes) is 2. The molecule has 1 aromatic carbocycles. The van der Waals surface area contributed by atoms with Gasteiger partial charge in [-0.1, -0.05) is 0 Å². The highest BCUT2D eigenvalue weighted by Gasteiger charge is 2.20. The maximum absolute atomic E-state index is 8.73. The Kier molecular flexibility index (Phi) is 6.81. The lowest BCUT2D eigenvalue weighted by Crippen LogP contribution is -2.15. The third-order valence-electron chi connectivity index (χ3n) is 3.28. The zero-order valence-electron chi connectivity index (χ0n) is 11.5. The Morgan fingerprint density at radius 3 is 2.45 bits per heavy atom. The van der Waals surface area contributed by atoms with Crippen LogP contribution in [0.5, 0.6) is 5.75 Å². The first-order chi connectivity index (χ1) is 9.70. The van der Waals surface area contributed by atoms with Crippen LogP contribution in [-0.2, 0) is 6.54 Å². The summed E-state index contributed by atoms with van der Waals surface area (Å²) >= 11 is 7.16. The Morgan fingerprint density at radius 2 is 1.85 bits per heavy atom. The van der Waals surface area contributed by atoms with Gasteiger partial charge in [-0.3, -0.25) is 0 Å². The molecule has 2 rings (SSSR count). The Hall–Kier alpha value is -0.100. The van der Waals surface area contributed by atoms with Crippen molar-refractivity contribution in [3.05, 3.63) is 26.6 Å². The summed E-state index contributed by atoms with van der Waals surface area (Å²) < 4.78 is 7.79. The summed E-state index contributed by atoms with van der Waals surface area (Å²) in [6.45, 7) is 1.84. The highest BCUT2D eigenvalue weighted by atomic mass is 79.9. The third-order valence-corrected chi connectivity index (χ3v) is 4.46. The Bertz CT molecular complexity index is 413. The Morgan fingerprint density at radius 1 is 1.15 bits per heavy atom. The van der Waals surface area contributed by atoms with Crippen molar-refractivity contribution in [3.8, 4) is 5.75 Å². The predicted molar refractivity (Wildman–Crippen MR) is 88.1 cm³/mol. The van der Waals surface area contributed by atoms with E-state index < -0.39 is 0 Å². The molecule has 0 heterocycles. The van der Waals surface area contributed by atoms with Gasteiger partial charge in [-0.15, -0.1) is 0 Å². The minimum Gasteiger partial charge on any atom is -0.491 e. The van der Waals surface area contributed by atoms with E-state index in [0.29, 0.717) is 6.61 Å². The van der Waals surface area contributed by atoms with Gasteiger partial charge in [0.05, 0.1) is 15.6 Å². The SMILES string of the molecule is OCCCCCOc1c(Br)cc(CNC2CC2)cc1Br. The van der Waals surface area contributed by atoms with Crippen molar-refractivity contribution >= 4 is 31.9 Å². The maximum atomic E-state index is 8.73. The first kappa shape index (κ1) is 16.3. The molecule has 3 nitrogen and oxygen atoms in total. The molecule has 1 saturated carbocycles. The number of nitrogens with one attached hydrogen (secondary N) is 1. The zero-order chi connectivity index (χ0) is 14.4. The van der Waals surface area contributed by atoms with Crippen LogP contribution in [0.2, 0.25) is 0 Å². The van der Waals surface area contributed by atoms with Crippen molar-refractivity contribution in [2.24, 2.45) is 0 Å². The van der Waals surface area contributed by atoms with E-state index in [9.17, 15) is 0 Å². The fourth-order valence-electron chi connectivity index (χ4n) is 1.97. The van der Waals surface area contributed by atoms with E-state index in [2.05, 4.69) is 49.3 Å². The first-order valence-corrected chi connectivity index (χ1v) is 8.74. The highest BCUT2D eigenvalue weighted by molar-refractivity contribution is 9.11. The summed E-state index contributed by atoms with van der Waals surface area (Å²) in [7, 11) is 0. The minimum atomic E-state index is 0.260. The molecule has 0 aromatic heterocycles. The van der Waals surface area contributed by atoms with E-state index in [1.165, 1.54) is 18.4 Å². The second-order valence-electron chi connectivity index (χ2n) is 5.18. The lowest BCUT2D eigenvalue weighted by Gasteiger charge is -2.12. The largest absolute Gasteiger partial charge is 0.491 e. The molecule has 0 unspecified atom stereocenters. The molecule has 0 atom stereocenters. The molecule has 1 aliphatic carbocycles. The summed E-state index contributed by atoms with van der Waals surface area (Å²) in [6, 6.07) is 4.95. The van der Waals surface area contributed by atoms with Gasteiger partial charge in [0, 0.05) is 19.2 Å².